The molecule has 0 bridgehead atoms. The monoisotopic (exact) mass is 320 g/mol. The number of nitrogens with zero attached hydrogens (tertiary/aromatic N) is 1. The second kappa shape index (κ2) is 9.18. The highest BCUT2D eigenvalue weighted by Crippen LogP contribution is 2.27. The zero-order chi connectivity index (χ0) is 14.4. The maximum absolute atomic E-state index is 12.2. The number of ether oxygens (including phenoxy) is 1. The van der Waals surface area contributed by atoms with Gasteiger partial charge in [0, 0.05) is 32.2 Å². The highest BCUT2D eigenvalue weighted by molar-refractivity contribution is 5.85. The highest BCUT2D eigenvalue weighted by atomic mass is 35.5. The molecule has 21 heavy (non-hydrogen) atoms. The largest absolute Gasteiger partial charge is 0.435 e. The molecule has 0 aromatic heterocycles. The van der Waals surface area contributed by atoms with E-state index in [0.29, 0.717) is 6.04 Å². The first kappa shape index (κ1) is 18.1. The van der Waals surface area contributed by atoms with Gasteiger partial charge in [0.2, 0.25) is 0 Å². The number of hydrogen-bond donors (Lipinski definition) is 1. The first-order chi connectivity index (χ1) is 9.70. The number of piperazine rings is 1. The van der Waals surface area contributed by atoms with Gasteiger partial charge in [0.15, 0.2) is 0 Å². The van der Waals surface area contributed by atoms with E-state index in [9.17, 15) is 8.78 Å². The van der Waals surface area contributed by atoms with Crippen molar-refractivity contribution in [2.75, 3.05) is 26.2 Å². The van der Waals surface area contributed by atoms with E-state index in [-0.39, 0.29) is 18.2 Å². The van der Waals surface area contributed by atoms with Crippen molar-refractivity contribution in [2.45, 2.75) is 32.4 Å². The molecule has 0 saturated carbocycles. The minimum absolute atomic E-state index is 0. The maximum atomic E-state index is 12.2. The molecule has 1 fully saturated rings. The van der Waals surface area contributed by atoms with Crippen LogP contribution in [-0.4, -0.2) is 37.7 Å². The molecule has 1 aromatic rings. The number of alkyl halides is 2. The molecule has 3 nitrogen and oxygen atoms in total. The Kier molecular flexibility index (Phi) is 7.93. The molecule has 120 valence electrons. The van der Waals surface area contributed by atoms with E-state index in [2.05, 4.69) is 21.9 Å². The van der Waals surface area contributed by atoms with Gasteiger partial charge >= 0.3 is 6.61 Å². The van der Waals surface area contributed by atoms with Crippen LogP contribution in [0.5, 0.6) is 5.75 Å². The van der Waals surface area contributed by atoms with Crippen molar-refractivity contribution in [3.63, 3.8) is 0 Å². The molecule has 1 heterocycles. The predicted octanol–water partition coefficient (Wildman–Crippen LogP) is 3.46. The van der Waals surface area contributed by atoms with E-state index in [1.165, 1.54) is 5.56 Å². The molecular weight excluding hydrogens is 298 g/mol. The molecule has 6 heteroatoms. The molecule has 1 atom stereocenters. The van der Waals surface area contributed by atoms with E-state index in [1.807, 2.05) is 12.1 Å². The Morgan fingerprint density at radius 3 is 2.33 bits per heavy atom. The molecule has 0 unspecified atom stereocenters. The van der Waals surface area contributed by atoms with Crippen molar-refractivity contribution in [1.29, 1.82) is 0 Å². The second-order valence-electron chi connectivity index (χ2n) is 5.04. The number of nitrogens with one attached hydrogen (secondary N) is 1. The van der Waals surface area contributed by atoms with Crippen molar-refractivity contribution >= 4 is 12.4 Å². The summed E-state index contributed by atoms with van der Waals surface area (Å²) in [6, 6.07) is 7.43. The molecule has 1 aromatic carbocycles. The molecule has 1 aliphatic heterocycles. The standard InChI is InChI=1S/C15H22F2N2O.ClH/c1-2-3-14(19-10-8-18-9-11-19)12-4-6-13(7-5-12)20-15(16)17;/h4-7,14-15,18H,2-3,8-11H2,1H3;1H/t14-;/m1./s1. The molecule has 0 aliphatic carbocycles. The quantitative estimate of drug-likeness (QED) is 0.869. The fraction of sp³-hybridized carbons (Fsp3) is 0.600. The summed E-state index contributed by atoms with van der Waals surface area (Å²) in [4.78, 5) is 2.46. The van der Waals surface area contributed by atoms with Gasteiger partial charge in [0.25, 0.3) is 0 Å². The van der Waals surface area contributed by atoms with Crippen molar-refractivity contribution < 1.29 is 13.5 Å². The molecule has 2 rings (SSSR count). The smallest absolute Gasteiger partial charge is 0.387 e. The van der Waals surface area contributed by atoms with Crippen molar-refractivity contribution in [3.05, 3.63) is 29.8 Å². The number of hydrogen-bond acceptors (Lipinski definition) is 3. The van der Waals surface area contributed by atoms with E-state index < -0.39 is 6.61 Å². The summed E-state index contributed by atoms with van der Waals surface area (Å²) >= 11 is 0. The Balaban J connectivity index is 0.00000220. The van der Waals surface area contributed by atoms with Crippen molar-refractivity contribution in [3.8, 4) is 5.75 Å². The Labute approximate surface area is 131 Å². The Hall–Kier alpha value is -0.910. The summed E-state index contributed by atoms with van der Waals surface area (Å²) in [5.74, 6) is 0.222. The maximum Gasteiger partial charge on any atom is 0.387 e. The van der Waals surface area contributed by atoms with Crippen LogP contribution < -0.4 is 10.1 Å². The van der Waals surface area contributed by atoms with Gasteiger partial charge in [0.1, 0.15) is 5.75 Å². The third-order valence-electron chi connectivity index (χ3n) is 3.64. The van der Waals surface area contributed by atoms with Crippen LogP contribution in [0.4, 0.5) is 8.78 Å². The number of benzene rings is 1. The third-order valence-corrected chi connectivity index (χ3v) is 3.64. The summed E-state index contributed by atoms with van der Waals surface area (Å²) in [6.07, 6.45) is 2.18. The Bertz CT molecular complexity index is 397. The van der Waals surface area contributed by atoms with E-state index >= 15 is 0 Å². The van der Waals surface area contributed by atoms with Crippen LogP contribution >= 0.6 is 12.4 Å². The summed E-state index contributed by atoms with van der Waals surface area (Å²) < 4.78 is 28.7. The predicted molar refractivity (Wildman–Crippen MR) is 82.4 cm³/mol. The van der Waals surface area contributed by atoms with Crippen LogP contribution in [0.2, 0.25) is 0 Å². The molecule has 0 spiro atoms. The second-order valence-corrected chi connectivity index (χ2v) is 5.04. The Morgan fingerprint density at radius 1 is 1.19 bits per heavy atom. The highest BCUT2D eigenvalue weighted by Gasteiger charge is 2.21. The lowest BCUT2D eigenvalue weighted by Crippen LogP contribution is -2.45. The molecule has 1 N–H and O–H groups in total. The molecule has 1 saturated heterocycles. The average molecular weight is 321 g/mol. The van der Waals surface area contributed by atoms with Gasteiger partial charge in [-0.3, -0.25) is 4.90 Å². The lowest BCUT2D eigenvalue weighted by Gasteiger charge is -2.35. The van der Waals surface area contributed by atoms with Gasteiger partial charge in [-0.2, -0.15) is 8.78 Å². The van der Waals surface area contributed by atoms with Crippen molar-refractivity contribution in [1.82, 2.24) is 10.2 Å². The van der Waals surface area contributed by atoms with Gasteiger partial charge in [-0.25, -0.2) is 0 Å². The summed E-state index contributed by atoms with van der Waals surface area (Å²) in [6.45, 7) is 3.48. The first-order valence-corrected chi connectivity index (χ1v) is 7.20. The van der Waals surface area contributed by atoms with Crippen LogP contribution in [0.25, 0.3) is 0 Å². The zero-order valence-corrected chi connectivity index (χ0v) is 13.0. The van der Waals surface area contributed by atoms with Crippen LogP contribution in [0, 0.1) is 0 Å². The van der Waals surface area contributed by atoms with E-state index in [0.717, 1.165) is 39.0 Å². The van der Waals surface area contributed by atoms with E-state index in [1.54, 1.807) is 12.1 Å². The summed E-state index contributed by atoms with van der Waals surface area (Å²) in [7, 11) is 0. The van der Waals surface area contributed by atoms with Crippen LogP contribution in [0.3, 0.4) is 0 Å². The van der Waals surface area contributed by atoms with E-state index in [4.69, 9.17) is 0 Å². The van der Waals surface area contributed by atoms with Crippen molar-refractivity contribution in [2.24, 2.45) is 0 Å². The molecular formula is C15H23ClF2N2O. The molecule has 1 aliphatic rings. The fourth-order valence-electron chi connectivity index (χ4n) is 2.70. The van der Waals surface area contributed by atoms with Crippen LogP contribution in [0.15, 0.2) is 24.3 Å². The number of halogens is 3. The topological polar surface area (TPSA) is 24.5 Å². The first-order valence-electron chi connectivity index (χ1n) is 7.20. The van der Waals surface area contributed by atoms with Gasteiger partial charge in [0.05, 0.1) is 0 Å². The average Bonchev–Trinajstić information content (AvgIpc) is 2.46. The lowest BCUT2D eigenvalue weighted by molar-refractivity contribution is -0.0498. The van der Waals surface area contributed by atoms with Gasteiger partial charge < -0.3 is 10.1 Å². The molecule has 0 amide bonds. The van der Waals surface area contributed by atoms with Gasteiger partial charge in [-0.05, 0) is 24.1 Å². The normalized spacial score (nSPS) is 17.3. The molecule has 0 radical (unpaired) electrons. The number of rotatable bonds is 6. The zero-order valence-electron chi connectivity index (χ0n) is 12.2. The minimum atomic E-state index is -2.76. The van der Waals surface area contributed by atoms with Crippen LogP contribution in [-0.2, 0) is 0 Å². The summed E-state index contributed by atoms with van der Waals surface area (Å²) in [5, 5.41) is 3.35. The fourth-order valence-corrected chi connectivity index (χ4v) is 2.70. The third kappa shape index (κ3) is 5.41. The Morgan fingerprint density at radius 2 is 1.81 bits per heavy atom. The van der Waals surface area contributed by atoms with Gasteiger partial charge in [-0.15, -0.1) is 12.4 Å². The lowest BCUT2D eigenvalue weighted by atomic mass is 10.00. The summed E-state index contributed by atoms with van der Waals surface area (Å²) in [5.41, 5.74) is 1.18. The SMILES string of the molecule is CCC[C@H](c1ccc(OC(F)F)cc1)N1CCNCC1.Cl. The van der Waals surface area contributed by atoms with Crippen LogP contribution in [0.1, 0.15) is 31.4 Å². The van der Waals surface area contributed by atoms with Gasteiger partial charge in [-0.1, -0.05) is 25.5 Å². The minimum Gasteiger partial charge on any atom is -0.435 e.